The van der Waals surface area contributed by atoms with E-state index in [0.29, 0.717) is 5.69 Å². The van der Waals surface area contributed by atoms with Gasteiger partial charge in [-0.2, -0.15) is 0 Å². The van der Waals surface area contributed by atoms with Gasteiger partial charge >= 0.3 is 0 Å². The van der Waals surface area contributed by atoms with Gasteiger partial charge in [0.15, 0.2) is 23.7 Å². The molecule has 0 saturated carbocycles. The zero-order chi connectivity index (χ0) is 27.4. The molecular formula is C24H20F3N7O4S. The Kier molecular flexibility index (Phi) is 6.39. The Morgan fingerprint density at radius 2 is 1.79 bits per heavy atom. The monoisotopic (exact) mass is 559 g/mol. The molecule has 0 amide bonds. The fourth-order valence-corrected chi connectivity index (χ4v) is 5.56. The summed E-state index contributed by atoms with van der Waals surface area (Å²) in [6, 6.07) is 5.88. The molecule has 15 heteroatoms. The summed E-state index contributed by atoms with van der Waals surface area (Å²) in [4.78, 5) is 4.45. The molecule has 0 bridgehead atoms. The second-order valence-electron chi connectivity index (χ2n) is 9.04. The highest BCUT2D eigenvalue weighted by molar-refractivity contribution is 7.18. The van der Waals surface area contributed by atoms with E-state index >= 15 is 0 Å². The third kappa shape index (κ3) is 4.37. The van der Waals surface area contributed by atoms with Crippen LogP contribution < -0.4 is 0 Å². The first-order valence-electron chi connectivity index (χ1n) is 11.7. The number of hydrogen-bond acceptors (Lipinski definition) is 10. The van der Waals surface area contributed by atoms with Crippen LogP contribution in [0.25, 0.3) is 32.7 Å². The summed E-state index contributed by atoms with van der Waals surface area (Å²) in [5, 5.41) is 49.0. The fraction of sp³-hybridized carbons (Fsp3) is 0.292. The van der Waals surface area contributed by atoms with Crippen molar-refractivity contribution in [2.45, 2.75) is 37.5 Å². The number of halogens is 3. The third-order valence-corrected chi connectivity index (χ3v) is 7.50. The highest BCUT2D eigenvalue weighted by Crippen LogP contribution is 2.38. The van der Waals surface area contributed by atoms with Crippen molar-refractivity contribution in [3.8, 4) is 22.5 Å². The first kappa shape index (κ1) is 25.5. The number of thiazole rings is 1. The lowest BCUT2D eigenvalue weighted by molar-refractivity contribution is -0.233. The first-order chi connectivity index (χ1) is 18.7. The lowest BCUT2D eigenvalue weighted by Gasteiger charge is -2.42. The van der Waals surface area contributed by atoms with E-state index < -0.39 is 54.6 Å². The fourth-order valence-electron chi connectivity index (χ4n) is 4.69. The number of aliphatic hydroxyl groups excluding tert-OH is 3. The Hall–Kier alpha value is -3.76. The number of ether oxygens (including phenoxy) is 1. The molecule has 4 heterocycles. The number of hydrogen-bond donors (Lipinski definition) is 3. The molecule has 2 aromatic carbocycles. The summed E-state index contributed by atoms with van der Waals surface area (Å²) in [6.07, 6.45) is -2.61. The number of aliphatic hydroxyl groups is 3. The predicted molar refractivity (Wildman–Crippen MR) is 131 cm³/mol. The molecule has 5 aromatic rings. The lowest BCUT2D eigenvalue weighted by Crippen LogP contribution is -2.54. The minimum absolute atomic E-state index is 0.0367. The molecule has 6 rings (SSSR count). The number of aromatic nitrogens is 7. The van der Waals surface area contributed by atoms with Gasteiger partial charge in [-0.1, -0.05) is 16.5 Å². The van der Waals surface area contributed by atoms with E-state index in [4.69, 9.17) is 4.74 Å². The van der Waals surface area contributed by atoms with Crippen molar-refractivity contribution in [2.24, 2.45) is 0 Å². The SMILES string of the molecule is Cc1nc2ccc(-c3cnnn3[C@@H]3O[C@H](CO)[C@H](O)[C@H](n4cc(-c5cc(F)c(F)c(F)c5)nn4)[C@H]3O)cc2s1. The number of rotatable bonds is 5. The largest absolute Gasteiger partial charge is 0.394 e. The Balaban J connectivity index is 1.36. The molecule has 3 N–H and O–H groups in total. The quantitative estimate of drug-likeness (QED) is 0.277. The zero-order valence-corrected chi connectivity index (χ0v) is 20.9. The van der Waals surface area contributed by atoms with Crippen LogP contribution in [0.3, 0.4) is 0 Å². The van der Waals surface area contributed by atoms with E-state index in [9.17, 15) is 28.5 Å². The van der Waals surface area contributed by atoms with Gasteiger partial charge in [0.1, 0.15) is 30.0 Å². The van der Waals surface area contributed by atoms with Gasteiger partial charge < -0.3 is 20.1 Å². The van der Waals surface area contributed by atoms with Crippen LogP contribution in [0.4, 0.5) is 13.2 Å². The van der Waals surface area contributed by atoms with Crippen molar-refractivity contribution in [3.05, 3.63) is 65.2 Å². The van der Waals surface area contributed by atoms with Crippen molar-refractivity contribution < 1.29 is 33.2 Å². The van der Waals surface area contributed by atoms with Gasteiger partial charge in [0, 0.05) is 11.1 Å². The van der Waals surface area contributed by atoms with E-state index in [0.717, 1.165) is 37.6 Å². The van der Waals surface area contributed by atoms with Crippen molar-refractivity contribution in [1.82, 2.24) is 35.0 Å². The molecule has 11 nitrogen and oxygen atoms in total. The van der Waals surface area contributed by atoms with Crippen molar-refractivity contribution in [2.75, 3.05) is 6.61 Å². The molecule has 0 spiro atoms. The molecule has 5 atom stereocenters. The summed E-state index contributed by atoms with van der Waals surface area (Å²) >= 11 is 1.52. The van der Waals surface area contributed by atoms with Gasteiger partial charge in [-0.15, -0.1) is 21.5 Å². The van der Waals surface area contributed by atoms with Crippen molar-refractivity contribution in [3.63, 3.8) is 0 Å². The molecule has 39 heavy (non-hydrogen) atoms. The Morgan fingerprint density at radius 1 is 1.03 bits per heavy atom. The van der Waals surface area contributed by atoms with Crippen LogP contribution in [0.1, 0.15) is 17.3 Å². The third-order valence-electron chi connectivity index (χ3n) is 6.57. The average Bonchev–Trinajstić information content (AvgIpc) is 3.66. The van der Waals surface area contributed by atoms with Crippen LogP contribution in [0.2, 0.25) is 0 Å². The maximum Gasteiger partial charge on any atom is 0.194 e. The number of aryl methyl sites for hydroxylation is 1. The molecule has 1 saturated heterocycles. The maximum absolute atomic E-state index is 13.8. The Bertz CT molecular complexity index is 1650. The number of nitrogens with zero attached hydrogens (tertiary/aromatic N) is 7. The molecule has 0 unspecified atom stereocenters. The Labute approximate surface area is 221 Å². The van der Waals surface area contributed by atoms with E-state index in [2.05, 4.69) is 25.6 Å². The van der Waals surface area contributed by atoms with Gasteiger partial charge in [-0.05, 0) is 31.2 Å². The van der Waals surface area contributed by atoms with Crippen LogP contribution in [-0.4, -0.2) is 75.2 Å². The topological polar surface area (TPSA) is 144 Å². The van der Waals surface area contributed by atoms with E-state index in [1.165, 1.54) is 28.4 Å². The highest BCUT2D eigenvalue weighted by Gasteiger charge is 2.47. The summed E-state index contributed by atoms with van der Waals surface area (Å²) in [7, 11) is 0. The average molecular weight is 560 g/mol. The van der Waals surface area contributed by atoms with Crippen LogP contribution >= 0.6 is 11.3 Å². The predicted octanol–water partition coefficient (Wildman–Crippen LogP) is 2.39. The number of benzene rings is 2. The summed E-state index contributed by atoms with van der Waals surface area (Å²) in [6.45, 7) is 1.30. The van der Waals surface area contributed by atoms with Gasteiger partial charge in [0.05, 0.1) is 39.9 Å². The van der Waals surface area contributed by atoms with Crippen LogP contribution in [0, 0.1) is 24.4 Å². The van der Waals surface area contributed by atoms with E-state index in [1.54, 1.807) is 0 Å². The molecule has 3 aromatic heterocycles. The van der Waals surface area contributed by atoms with Crippen LogP contribution in [-0.2, 0) is 4.74 Å². The molecular weight excluding hydrogens is 539 g/mol. The van der Waals surface area contributed by atoms with Crippen molar-refractivity contribution >= 4 is 21.6 Å². The van der Waals surface area contributed by atoms with E-state index in [1.807, 2.05) is 25.1 Å². The molecule has 1 fully saturated rings. The van der Waals surface area contributed by atoms with E-state index in [-0.39, 0.29) is 11.3 Å². The zero-order valence-electron chi connectivity index (χ0n) is 20.1. The molecule has 202 valence electrons. The first-order valence-corrected chi connectivity index (χ1v) is 12.5. The normalized spacial score (nSPS) is 23.5. The van der Waals surface area contributed by atoms with Crippen LogP contribution in [0.15, 0.2) is 42.7 Å². The minimum Gasteiger partial charge on any atom is -0.394 e. The lowest BCUT2D eigenvalue weighted by atomic mass is 9.95. The smallest absolute Gasteiger partial charge is 0.194 e. The highest BCUT2D eigenvalue weighted by atomic mass is 32.1. The molecule has 0 radical (unpaired) electrons. The summed E-state index contributed by atoms with van der Waals surface area (Å²) in [5.41, 5.74) is 1.91. The minimum atomic E-state index is -1.62. The molecule has 0 aliphatic carbocycles. The van der Waals surface area contributed by atoms with Gasteiger partial charge in [0.25, 0.3) is 0 Å². The summed E-state index contributed by atoms with van der Waals surface area (Å²) in [5.74, 6) is -4.43. The Morgan fingerprint density at radius 3 is 2.54 bits per heavy atom. The van der Waals surface area contributed by atoms with Gasteiger partial charge in [-0.3, -0.25) is 0 Å². The second-order valence-corrected chi connectivity index (χ2v) is 10.3. The van der Waals surface area contributed by atoms with Gasteiger partial charge in [0.2, 0.25) is 0 Å². The van der Waals surface area contributed by atoms with Crippen molar-refractivity contribution in [1.29, 1.82) is 0 Å². The molecule has 1 aliphatic rings. The second kappa shape index (κ2) is 9.77. The summed E-state index contributed by atoms with van der Waals surface area (Å²) < 4.78 is 50.2. The number of fused-ring (bicyclic) bond motifs is 1. The molecule has 1 aliphatic heterocycles. The van der Waals surface area contributed by atoms with Crippen LogP contribution in [0.5, 0.6) is 0 Å². The standard InChI is InChI=1S/C24H20F3N7O4S/c1-10-29-15-3-2-11(6-19(15)39-10)17-7-28-31-34(17)24-23(37)21(22(36)18(9-35)38-24)33-8-16(30-32-33)12-4-13(25)20(27)14(26)5-12/h2-8,18,21-24,35-37H,9H2,1H3/t18-,21+,22+,23-,24-/m1/s1. The van der Waals surface area contributed by atoms with Gasteiger partial charge in [-0.25, -0.2) is 27.5 Å². The maximum atomic E-state index is 13.8.